The van der Waals surface area contributed by atoms with Gasteiger partial charge in [-0.25, -0.2) is 4.98 Å². The molecule has 8 heteroatoms. The Labute approximate surface area is 130 Å². The molecule has 2 rings (SSSR count). The van der Waals surface area contributed by atoms with Crippen LogP contribution in [0.4, 0.5) is 16.6 Å². The fourth-order valence-corrected chi connectivity index (χ4v) is 3.25. The normalized spacial score (nSPS) is 10.3. The molecule has 0 bridgehead atoms. The van der Waals surface area contributed by atoms with Gasteiger partial charge in [-0.05, 0) is 34.1 Å². The molecule has 5 nitrogen and oxygen atoms in total. The van der Waals surface area contributed by atoms with Crippen molar-refractivity contribution in [2.24, 2.45) is 0 Å². The van der Waals surface area contributed by atoms with Gasteiger partial charge in [0.25, 0.3) is 5.91 Å². The summed E-state index contributed by atoms with van der Waals surface area (Å²) in [5, 5.41) is 6.25. The predicted molar refractivity (Wildman–Crippen MR) is 85.9 cm³/mol. The highest BCUT2D eigenvalue weighted by atomic mass is 79.9. The summed E-state index contributed by atoms with van der Waals surface area (Å²) in [7, 11) is 1.73. The zero-order valence-corrected chi connectivity index (χ0v) is 13.8. The standard InChI is InChI=1S/C11H10Br2N4OS/c1-15-11-17-9(14)8(19-11)10(18)16-7-3-2-5(12)4-6(7)13/h2-4H,14H2,1H3,(H,15,17)(H,16,18). The zero-order chi connectivity index (χ0) is 14.0. The van der Waals surface area contributed by atoms with E-state index in [0.717, 1.165) is 8.95 Å². The van der Waals surface area contributed by atoms with Gasteiger partial charge >= 0.3 is 0 Å². The minimum atomic E-state index is -0.278. The zero-order valence-electron chi connectivity index (χ0n) is 9.83. The molecule has 0 aliphatic rings. The second-order valence-electron chi connectivity index (χ2n) is 3.56. The number of thiazole rings is 1. The van der Waals surface area contributed by atoms with Crippen LogP contribution in [0.2, 0.25) is 0 Å². The SMILES string of the molecule is CNc1nc(N)c(C(=O)Nc2ccc(Br)cc2Br)s1. The number of nitrogens with zero attached hydrogens (tertiary/aromatic N) is 1. The van der Waals surface area contributed by atoms with Crippen LogP contribution in [0.1, 0.15) is 9.67 Å². The van der Waals surface area contributed by atoms with Crippen LogP contribution in [0.15, 0.2) is 27.1 Å². The van der Waals surface area contributed by atoms with Gasteiger partial charge < -0.3 is 16.4 Å². The van der Waals surface area contributed by atoms with Crippen LogP contribution in [-0.4, -0.2) is 17.9 Å². The summed E-state index contributed by atoms with van der Waals surface area (Å²) < 4.78 is 1.71. The number of aromatic nitrogens is 1. The van der Waals surface area contributed by atoms with Gasteiger partial charge in [-0.15, -0.1) is 0 Å². The molecule has 1 heterocycles. The molecule has 1 aromatic carbocycles. The van der Waals surface area contributed by atoms with Gasteiger partial charge in [-0.1, -0.05) is 27.3 Å². The van der Waals surface area contributed by atoms with Crippen molar-refractivity contribution < 1.29 is 4.79 Å². The predicted octanol–water partition coefficient (Wildman–Crippen LogP) is 3.54. The highest BCUT2D eigenvalue weighted by Gasteiger charge is 2.16. The quantitative estimate of drug-likeness (QED) is 0.729. The van der Waals surface area contributed by atoms with Crippen molar-refractivity contribution in [2.75, 3.05) is 23.4 Å². The van der Waals surface area contributed by atoms with Crippen LogP contribution < -0.4 is 16.4 Å². The van der Waals surface area contributed by atoms with E-state index in [-0.39, 0.29) is 11.7 Å². The number of benzene rings is 1. The Kier molecular flexibility index (Phi) is 4.43. The van der Waals surface area contributed by atoms with E-state index < -0.39 is 0 Å². The van der Waals surface area contributed by atoms with Crippen LogP contribution >= 0.6 is 43.2 Å². The van der Waals surface area contributed by atoms with Gasteiger partial charge in [-0.2, -0.15) is 0 Å². The van der Waals surface area contributed by atoms with Crippen LogP contribution in [-0.2, 0) is 0 Å². The molecule has 1 aromatic heterocycles. The van der Waals surface area contributed by atoms with E-state index in [0.29, 0.717) is 15.7 Å². The Morgan fingerprint density at radius 3 is 2.74 bits per heavy atom. The molecule has 0 fully saturated rings. The lowest BCUT2D eigenvalue weighted by atomic mass is 10.3. The number of amides is 1. The summed E-state index contributed by atoms with van der Waals surface area (Å²) in [6.45, 7) is 0. The lowest BCUT2D eigenvalue weighted by Crippen LogP contribution is -2.12. The number of halogens is 2. The number of carbonyl (C=O) groups is 1. The van der Waals surface area contributed by atoms with Gasteiger partial charge in [-0.3, -0.25) is 4.79 Å². The summed E-state index contributed by atoms with van der Waals surface area (Å²) in [5.74, 6) is -0.0559. The van der Waals surface area contributed by atoms with Gasteiger partial charge in [0.1, 0.15) is 10.7 Å². The molecule has 19 heavy (non-hydrogen) atoms. The lowest BCUT2D eigenvalue weighted by molar-refractivity contribution is 0.103. The molecule has 0 saturated heterocycles. The molecular weight excluding hydrogens is 396 g/mol. The van der Waals surface area contributed by atoms with Crippen molar-refractivity contribution in [3.63, 3.8) is 0 Å². The van der Waals surface area contributed by atoms with Gasteiger partial charge in [0.2, 0.25) is 0 Å². The van der Waals surface area contributed by atoms with Crippen LogP contribution in [0.25, 0.3) is 0 Å². The number of hydrogen-bond acceptors (Lipinski definition) is 5. The highest BCUT2D eigenvalue weighted by Crippen LogP contribution is 2.29. The first-order valence-corrected chi connectivity index (χ1v) is 7.62. The fraction of sp³-hybridized carbons (Fsp3) is 0.0909. The molecular formula is C11H10Br2N4OS. The third-order valence-electron chi connectivity index (χ3n) is 2.25. The molecule has 0 spiro atoms. The summed E-state index contributed by atoms with van der Waals surface area (Å²) in [4.78, 5) is 16.5. The first kappa shape index (κ1) is 14.3. The number of nitrogens with two attached hydrogens (primary N) is 1. The summed E-state index contributed by atoms with van der Waals surface area (Å²) >= 11 is 7.95. The Hall–Kier alpha value is -1.12. The first-order valence-electron chi connectivity index (χ1n) is 5.21. The van der Waals surface area contributed by atoms with E-state index in [2.05, 4.69) is 47.5 Å². The van der Waals surface area contributed by atoms with Gasteiger partial charge in [0.05, 0.1) is 5.69 Å². The third kappa shape index (κ3) is 3.26. The number of carbonyl (C=O) groups excluding carboxylic acids is 1. The van der Waals surface area contributed by atoms with Crippen LogP contribution in [0.3, 0.4) is 0 Å². The molecule has 0 unspecified atom stereocenters. The van der Waals surface area contributed by atoms with E-state index in [1.54, 1.807) is 13.1 Å². The molecule has 2 aromatic rings. The Bertz CT molecular complexity index is 629. The monoisotopic (exact) mass is 404 g/mol. The number of rotatable bonds is 3. The Balaban J connectivity index is 2.23. The summed E-state index contributed by atoms with van der Waals surface area (Å²) in [6.07, 6.45) is 0. The van der Waals surface area contributed by atoms with E-state index in [4.69, 9.17) is 5.73 Å². The highest BCUT2D eigenvalue weighted by molar-refractivity contribution is 9.11. The Morgan fingerprint density at radius 2 is 2.16 bits per heavy atom. The van der Waals surface area contributed by atoms with Crippen molar-refractivity contribution >= 4 is 65.7 Å². The van der Waals surface area contributed by atoms with Crippen molar-refractivity contribution in [3.8, 4) is 0 Å². The third-order valence-corrected chi connectivity index (χ3v) is 4.49. The molecule has 0 aliphatic heterocycles. The first-order chi connectivity index (χ1) is 9.01. The molecule has 0 radical (unpaired) electrons. The van der Waals surface area contributed by atoms with Crippen LogP contribution in [0, 0.1) is 0 Å². The van der Waals surface area contributed by atoms with Crippen LogP contribution in [0.5, 0.6) is 0 Å². The maximum Gasteiger partial charge on any atom is 0.269 e. The second kappa shape index (κ2) is 5.89. The average Bonchev–Trinajstić information content (AvgIpc) is 2.74. The molecule has 4 N–H and O–H groups in total. The van der Waals surface area contributed by atoms with Gasteiger partial charge in [0.15, 0.2) is 5.13 Å². The minimum absolute atomic E-state index is 0.222. The average molecular weight is 406 g/mol. The molecule has 1 amide bonds. The molecule has 0 saturated carbocycles. The van der Waals surface area contributed by atoms with E-state index in [1.165, 1.54) is 11.3 Å². The smallest absolute Gasteiger partial charge is 0.269 e. The number of hydrogen-bond donors (Lipinski definition) is 3. The number of nitrogens with one attached hydrogen (secondary N) is 2. The fourth-order valence-electron chi connectivity index (χ4n) is 1.37. The minimum Gasteiger partial charge on any atom is -0.382 e. The number of nitrogen functional groups attached to an aromatic ring is 1. The maximum atomic E-state index is 12.1. The van der Waals surface area contributed by atoms with Crippen molar-refractivity contribution in [2.45, 2.75) is 0 Å². The molecule has 100 valence electrons. The topological polar surface area (TPSA) is 80.0 Å². The summed E-state index contributed by atoms with van der Waals surface area (Å²) in [6, 6.07) is 5.49. The van der Waals surface area contributed by atoms with Gasteiger partial charge in [0, 0.05) is 16.0 Å². The lowest BCUT2D eigenvalue weighted by Gasteiger charge is -2.06. The van der Waals surface area contributed by atoms with E-state index in [9.17, 15) is 4.79 Å². The molecule has 0 aliphatic carbocycles. The second-order valence-corrected chi connectivity index (χ2v) is 6.33. The van der Waals surface area contributed by atoms with E-state index >= 15 is 0 Å². The van der Waals surface area contributed by atoms with Crippen molar-refractivity contribution in [3.05, 3.63) is 32.0 Å². The van der Waals surface area contributed by atoms with Crippen molar-refractivity contribution in [1.82, 2.24) is 4.98 Å². The van der Waals surface area contributed by atoms with Crippen molar-refractivity contribution in [1.29, 1.82) is 0 Å². The Morgan fingerprint density at radius 1 is 1.42 bits per heavy atom. The van der Waals surface area contributed by atoms with E-state index in [1.807, 2.05) is 12.1 Å². The number of anilines is 3. The largest absolute Gasteiger partial charge is 0.382 e. The summed E-state index contributed by atoms with van der Waals surface area (Å²) in [5.41, 5.74) is 6.39. The maximum absolute atomic E-state index is 12.1. The molecule has 0 atom stereocenters.